The van der Waals surface area contributed by atoms with Crippen LogP contribution in [-0.4, -0.2) is 51.6 Å². The van der Waals surface area contributed by atoms with Crippen LogP contribution in [0.25, 0.3) is 22.2 Å². The Morgan fingerprint density at radius 2 is 1.79 bits per heavy atom. The number of likely N-dealkylation sites (tertiary alicyclic amines) is 1. The topological polar surface area (TPSA) is 137 Å². The van der Waals surface area contributed by atoms with Gasteiger partial charge in [-0.25, -0.2) is 9.59 Å². The number of piperidine rings is 1. The monoisotopic (exact) mass is 522 g/mol. The molecule has 1 aliphatic rings. The van der Waals surface area contributed by atoms with Crippen LogP contribution < -0.4 is 16.8 Å². The fourth-order valence-electron chi connectivity index (χ4n) is 4.61. The second-order valence-electron chi connectivity index (χ2n) is 10.7. The van der Waals surface area contributed by atoms with Gasteiger partial charge in [-0.1, -0.05) is 30.3 Å². The van der Waals surface area contributed by atoms with Gasteiger partial charge in [0.05, 0.1) is 5.52 Å². The lowest BCUT2D eigenvalue weighted by atomic mass is 9.98. The van der Waals surface area contributed by atoms with Gasteiger partial charge in [0.25, 0.3) is 0 Å². The Hall–Kier alpha value is -4.08. The zero-order valence-corrected chi connectivity index (χ0v) is 22.2. The van der Waals surface area contributed by atoms with Crippen molar-refractivity contribution >= 4 is 29.0 Å². The largest absolute Gasteiger partial charge is 0.444 e. The number of carbonyl (C=O) groups is 3. The normalized spacial score (nSPS) is 16.7. The molecule has 2 aromatic carbocycles. The van der Waals surface area contributed by atoms with Crippen LogP contribution in [0.2, 0.25) is 0 Å². The molecule has 2 unspecified atom stereocenters. The summed E-state index contributed by atoms with van der Waals surface area (Å²) >= 11 is 0. The van der Waals surface area contributed by atoms with Crippen molar-refractivity contribution in [3.63, 3.8) is 0 Å². The number of hydrogen-bond acceptors (Lipinski definition) is 6. The van der Waals surface area contributed by atoms with E-state index in [-0.39, 0.29) is 6.42 Å². The van der Waals surface area contributed by atoms with Crippen LogP contribution in [0.5, 0.6) is 0 Å². The van der Waals surface area contributed by atoms with Crippen molar-refractivity contribution in [1.29, 1.82) is 0 Å². The van der Waals surface area contributed by atoms with Crippen molar-refractivity contribution in [2.24, 2.45) is 12.8 Å². The first-order chi connectivity index (χ1) is 17.9. The van der Waals surface area contributed by atoms with Crippen molar-refractivity contribution in [3.05, 3.63) is 58.6 Å². The van der Waals surface area contributed by atoms with Gasteiger partial charge in [-0.05, 0) is 68.9 Å². The molecule has 3 aromatic rings. The van der Waals surface area contributed by atoms with Crippen molar-refractivity contribution in [2.75, 3.05) is 6.54 Å². The lowest BCUT2D eigenvalue weighted by Crippen LogP contribution is -2.56. The van der Waals surface area contributed by atoms with Gasteiger partial charge in [-0.2, -0.15) is 0 Å². The fourth-order valence-corrected chi connectivity index (χ4v) is 4.61. The molecular formula is C28H34N4O6. The van der Waals surface area contributed by atoms with E-state index in [1.807, 2.05) is 36.4 Å². The number of hydrogen-bond donors (Lipinski definition) is 2. The van der Waals surface area contributed by atoms with E-state index in [9.17, 15) is 19.2 Å². The van der Waals surface area contributed by atoms with Gasteiger partial charge in [0.15, 0.2) is 5.58 Å². The molecule has 3 amide bonds. The van der Waals surface area contributed by atoms with E-state index in [4.69, 9.17) is 14.9 Å². The Morgan fingerprint density at radius 1 is 1.11 bits per heavy atom. The van der Waals surface area contributed by atoms with Crippen LogP contribution in [-0.2, 0) is 27.8 Å². The number of primary amides is 1. The summed E-state index contributed by atoms with van der Waals surface area (Å²) in [7, 11) is 1.65. The standard InChI is InChI=1S/C28H34N4O6/c1-28(2,3)38-27(36)32-14-6-5-7-21(32)25(34)30-20(24(29)33)15-17-8-10-18(11-9-17)19-12-13-23-22(16-19)31(4)26(35)37-23/h8-13,16,20-21H,5-7,14-15H2,1-4H3,(H2,29,33)(H,30,34). The van der Waals surface area contributed by atoms with Crippen LogP contribution in [0.1, 0.15) is 45.6 Å². The number of nitrogens with one attached hydrogen (secondary N) is 1. The van der Waals surface area contributed by atoms with Crippen LogP contribution in [0, 0.1) is 0 Å². The van der Waals surface area contributed by atoms with E-state index < -0.39 is 41.3 Å². The molecule has 0 spiro atoms. The number of oxazole rings is 1. The predicted octanol–water partition coefficient (Wildman–Crippen LogP) is 3.10. The highest BCUT2D eigenvalue weighted by atomic mass is 16.6. The highest BCUT2D eigenvalue weighted by molar-refractivity contribution is 5.91. The van der Waals surface area contributed by atoms with Gasteiger partial charge in [-0.15, -0.1) is 0 Å². The second-order valence-corrected chi connectivity index (χ2v) is 10.7. The molecule has 2 heterocycles. The highest BCUT2D eigenvalue weighted by Crippen LogP contribution is 2.25. The highest BCUT2D eigenvalue weighted by Gasteiger charge is 2.36. The minimum atomic E-state index is -0.937. The van der Waals surface area contributed by atoms with Crippen molar-refractivity contribution in [1.82, 2.24) is 14.8 Å². The molecule has 0 bridgehead atoms. The first kappa shape index (κ1) is 27.0. The molecule has 10 nitrogen and oxygen atoms in total. The van der Waals surface area contributed by atoms with Crippen LogP contribution in [0.15, 0.2) is 51.7 Å². The van der Waals surface area contributed by atoms with E-state index in [2.05, 4.69) is 5.32 Å². The number of nitrogens with zero attached hydrogens (tertiary/aromatic N) is 2. The smallest absolute Gasteiger partial charge is 0.419 e. The third-order valence-electron chi connectivity index (χ3n) is 6.61. The molecule has 2 atom stereocenters. The molecule has 1 fully saturated rings. The number of carbonyl (C=O) groups excluding carboxylic acids is 3. The summed E-state index contributed by atoms with van der Waals surface area (Å²) in [6.07, 6.45) is 1.71. The number of benzene rings is 2. The maximum atomic E-state index is 13.2. The summed E-state index contributed by atoms with van der Waals surface area (Å²) in [6.45, 7) is 5.73. The maximum Gasteiger partial charge on any atom is 0.419 e. The summed E-state index contributed by atoms with van der Waals surface area (Å²) in [5.74, 6) is -1.50. The lowest BCUT2D eigenvalue weighted by molar-refractivity contribution is -0.131. The number of amides is 3. The zero-order chi connectivity index (χ0) is 27.6. The zero-order valence-electron chi connectivity index (χ0n) is 22.2. The molecule has 1 aliphatic heterocycles. The maximum absolute atomic E-state index is 13.2. The molecule has 10 heteroatoms. The van der Waals surface area contributed by atoms with E-state index in [0.717, 1.165) is 29.5 Å². The van der Waals surface area contributed by atoms with Crippen LogP contribution >= 0.6 is 0 Å². The second kappa shape index (κ2) is 10.7. The molecule has 1 aromatic heterocycles. The third kappa shape index (κ3) is 6.07. The number of ether oxygens (including phenoxy) is 1. The minimum Gasteiger partial charge on any atom is -0.444 e. The van der Waals surface area contributed by atoms with Gasteiger partial charge in [0, 0.05) is 20.0 Å². The molecular weight excluding hydrogens is 488 g/mol. The number of rotatable bonds is 6. The number of nitrogens with two attached hydrogens (primary N) is 1. The fraction of sp³-hybridized carbons (Fsp3) is 0.429. The van der Waals surface area contributed by atoms with Crippen molar-refractivity contribution in [3.8, 4) is 11.1 Å². The van der Waals surface area contributed by atoms with E-state index >= 15 is 0 Å². The summed E-state index contributed by atoms with van der Waals surface area (Å²) in [4.78, 5) is 51.3. The predicted molar refractivity (Wildman–Crippen MR) is 142 cm³/mol. The average Bonchev–Trinajstić information content (AvgIpc) is 3.15. The number of fused-ring (bicyclic) bond motifs is 1. The Kier molecular flexibility index (Phi) is 7.61. The Bertz CT molecular complexity index is 1400. The molecule has 4 rings (SSSR count). The summed E-state index contributed by atoms with van der Waals surface area (Å²) in [6, 6.07) is 11.4. The molecule has 202 valence electrons. The Labute approximate surface area is 220 Å². The first-order valence-electron chi connectivity index (χ1n) is 12.7. The molecule has 0 aliphatic carbocycles. The number of aryl methyl sites for hydroxylation is 1. The van der Waals surface area contributed by atoms with Crippen molar-refractivity contribution < 1.29 is 23.5 Å². The van der Waals surface area contributed by atoms with E-state index in [1.165, 1.54) is 9.47 Å². The first-order valence-corrected chi connectivity index (χ1v) is 12.7. The van der Waals surface area contributed by atoms with Gasteiger partial charge < -0.3 is 20.2 Å². The summed E-state index contributed by atoms with van der Waals surface area (Å²) < 4.78 is 12.1. The lowest BCUT2D eigenvalue weighted by Gasteiger charge is -2.36. The van der Waals surface area contributed by atoms with Gasteiger partial charge in [-0.3, -0.25) is 19.1 Å². The van der Waals surface area contributed by atoms with Gasteiger partial charge in [0.2, 0.25) is 11.8 Å². The number of aromatic nitrogens is 1. The molecule has 0 saturated carbocycles. The molecule has 0 radical (unpaired) electrons. The van der Waals surface area contributed by atoms with E-state index in [1.54, 1.807) is 33.9 Å². The van der Waals surface area contributed by atoms with Crippen LogP contribution in [0.4, 0.5) is 4.79 Å². The van der Waals surface area contributed by atoms with Crippen molar-refractivity contribution in [2.45, 2.75) is 64.1 Å². The van der Waals surface area contributed by atoms with Crippen LogP contribution in [0.3, 0.4) is 0 Å². The molecule has 3 N–H and O–H groups in total. The Balaban J connectivity index is 1.46. The SMILES string of the molecule is Cn1c(=O)oc2ccc(-c3ccc(CC(NC(=O)C4CCCCN4C(=O)OC(C)(C)C)C(N)=O)cc3)cc21. The Morgan fingerprint density at radius 3 is 2.45 bits per heavy atom. The molecule has 38 heavy (non-hydrogen) atoms. The average molecular weight is 523 g/mol. The van der Waals surface area contributed by atoms with Gasteiger partial charge >= 0.3 is 11.8 Å². The minimum absolute atomic E-state index is 0.204. The quantitative estimate of drug-likeness (QED) is 0.510. The summed E-state index contributed by atoms with van der Waals surface area (Å²) in [5, 5.41) is 2.75. The third-order valence-corrected chi connectivity index (χ3v) is 6.61. The molecule has 1 saturated heterocycles. The van der Waals surface area contributed by atoms with E-state index in [0.29, 0.717) is 24.1 Å². The summed E-state index contributed by atoms with van der Waals surface area (Å²) in [5.41, 5.74) is 8.78. The van der Waals surface area contributed by atoms with Gasteiger partial charge in [0.1, 0.15) is 17.7 Å².